The number of amides is 3. The molecule has 0 saturated carbocycles. The summed E-state index contributed by atoms with van der Waals surface area (Å²) in [5.41, 5.74) is 5.56. The summed E-state index contributed by atoms with van der Waals surface area (Å²) in [4.78, 5) is 36.6. The van der Waals surface area contributed by atoms with Gasteiger partial charge in [-0.1, -0.05) is 0 Å². The number of hydrogen-bond donors (Lipinski definition) is 3. The molecule has 1 heterocycles. The summed E-state index contributed by atoms with van der Waals surface area (Å²) in [6, 6.07) is 12.2. The number of rotatable bonds is 7. The van der Waals surface area contributed by atoms with Gasteiger partial charge in [-0.15, -0.1) is 0 Å². The first-order chi connectivity index (χ1) is 15.5. The standard InChI is InChI=1S/C22H21N3O7/c1-29-17-11-14(12-18(30-2)19(17)31-3)20(26)23-15-8-6-13(7-9-15)21(27)24-25-22(28)16-5-4-10-32-16/h4-12H,1-3H3,(H,23,26)(H,24,27)(H,25,28). The third-order valence-electron chi connectivity index (χ3n) is 4.37. The first-order valence-corrected chi connectivity index (χ1v) is 9.32. The number of furan rings is 1. The van der Waals surface area contributed by atoms with Gasteiger partial charge in [-0.3, -0.25) is 25.2 Å². The number of carbonyl (C=O) groups is 3. The molecule has 10 heteroatoms. The minimum atomic E-state index is -0.586. The number of hydrazine groups is 1. The molecule has 0 aliphatic carbocycles. The van der Waals surface area contributed by atoms with Gasteiger partial charge in [0.1, 0.15) is 0 Å². The van der Waals surface area contributed by atoms with Gasteiger partial charge in [0.05, 0.1) is 27.6 Å². The molecule has 32 heavy (non-hydrogen) atoms. The average Bonchev–Trinajstić information content (AvgIpc) is 3.36. The highest BCUT2D eigenvalue weighted by atomic mass is 16.5. The van der Waals surface area contributed by atoms with E-state index < -0.39 is 17.7 Å². The van der Waals surface area contributed by atoms with Gasteiger partial charge in [-0.25, -0.2) is 0 Å². The van der Waals surface area contributed by atoms with Crippen LogP contribution in [0.25, 0.3) is 0 Å². The Kier molecular flexibility index (Phi) is 6.96. The lowest BCUT2D eigenvalue weighted by Gasteiger charge is -2.14. The van der Waals surface area contributed by atoms with Crippen LogP contribution in [0, 0.1) is 0 Å². The van der Waals surface area contributed by atoms with Crippen LogP contribution in [-0.2, 0) is 0 Å². The molecular formula is C22H21N3O7. The number of benzene rings is 2. The van der Waals surface area contributed by atoms with E-state index in [-0.39, 0.29) is 11.3 Å². The monoisotopic (exact) mass is 439 g/mol. The van der Waals surface area contributed by atoms with Crippen molar-refractivity contribution in [2.24, 2.45) is 0 Å². The maximum absolute atomic E-state index is 12.7. The maximum Gasteiger partial charge on any atom is 0.305 e. The van der Waals surface area contributed by atoms with E-state index in [4.69, 9.17) is 18.6 Å². The lowest BCUT2D eigenvalue weighted by atomic mass is 10.1. The smallest absolute Gasteiger partial charge is 0.305 e. The fourth-order valence-electron chi connectivity index (χ4n) is 2.78. The molecule has 0 aliphatic heterocycles. The first-order valence-electron chi connectivity index (χ1n) is 9.32. The van der Waals surface area contributed by atoms with Crippen LogP contribution in [0.1, 0.15) is 31.3 Å². The molecule has 0 saturated heterocycles. The van der Waals surface area contributed by atoms with Gasteiger partial charge in [0, 0.05) is 16.8 Å². The van der Waals surface area contributed by atoms with E-state index in [9.17, 15) is 14.4 Å². The van der Waals surface area contributed by atoms with Gasteiger partial charge in [-0.2, -0.15) is 0 Å². The van der Waals surface area contributed by atoms with E-state index in [1.807, 2.05) is 0 Å². The maximum atomic E-state index is 12.7. The van der Waals surface area contributed by atoms with Crippen molar-refractivity contribution in [2.45, 2.75) is 0 Å². The number of methoxy groups -OCH3 is 3. The van der Waals surface area contributed by atoms with E-state index in [0.29, 0.717) is 28.5 Å². The summed E-state index contributed by atoms with van der Waals surface area (Å²) in [7, 11) is 4.39. The average molecular weight is 439 g/mol. The number of ether oxygens (including phenoxy) is 3. The summed E-state index contributed by atoms with van der Waals surface area (Å²) in [5.74, 6) is -0.394. The normalized spacial score (nSPS) is 10.1. The zero-order chi connectivity index (χ0) is 23.1. The Morgan fingerprint density at radius 2 is 1.38 bits per heavy atom. The molecule has 3 rings (SSSR count). The number of anilines is 1. The SMILES string of the molecule is COc1cc(C(=O)Nc2ccc(C(=O)NNC(=O)c3ccco3)cc2)cc(OC)c1OC. The molecule has 3 amide bonds. The van der Waals surface area contributed by atoms with E-state index in [1.165, 1.54) is 57.9 Å². The highest BCUT2D eigenvalue weighted by Crippen LogP contribution is 2.38. The molecule has 0 bridgehead atoms. The van der Waals surface area contributed by atoms with Gasteiger partial charge >= 0.3 is 5.91 Å². The number of carbonyl (C=O) groups excluding carboxylic acids is 3. The molecule has 0 spiro atoms. The number of nitrogens with one attached hydrogen (secondary N) is 3. The van der Waals surface area contributed by atoms with Crippen LogP contribution in [0.5, 0.6) is 17.2 Å². The molecule has 0 aliphatic rings. The first kappa shape index (κ1) is 22.2. The molecule has 10 nitrogen and oxygen atoms in total. The summed E-state index contributed by atoms with van der Waals surface area (Å²) >= 11 is 0. The minimum Gasteiger partial charge on any atom is -0.493 e. The molecule has 3 N–H and O–H groups in total. The van der Waals surface area contributed by atoms with Crippen molar-refractivity contribution in [1.29, 1.82) is 0 Å². The second kappa shape index (κ2) is 10.0. The van der Waals surface area contributed by atoms with Crippen LogP contribution in [-0.4, -0.2) is 39.1 Å². The molecule has 0 fully saturated rings. The Hall–Kier alpha value is -4.47. The van der Waals surface area contributed by atoms with Crippen LogP contribution in [0.2, 0.25) is 0 Å². The topological polar surface area (TPSA) is 128 Å². The second-order valence-electron chi connectivity index (χ2n) is 6.33. The fraction of sp³-hybridized carbons (Fsp3) is 0.136. The highest BCUT2D eigenvalue weighted by molar-refractivity contribution is 6.05. The van der Waals surface area contributed by atoms with E-state index >= 15 is 0 Å². The van der Waals surface area contributed by atoms with Crippen molar-refractivity contribution in [3.63, 3.8) is 0 Å². The van der Waals surface area contributed by atoms with E-state index in [0.717, 1.165) is 0 Å². The van der Waals surface area contributed by atoms with Crippen LogP contribution in [0.3, 0.4) is 0 Å². The summed E-state index contributed by atoms with van der Waals surface area (Å²) in [6.45, 7) is 0. The predicted octanol–water partition coefficient (Wildman–Crippen LogP) is 2.63. The lowest BCUT2D eigenvalue weighted by Crippen LogP contribution is -2.41. The molecule has 3 aromatic rings. The van der Waals surface area contributed by atoms with Crippen LogP contribution >= 0.6 is 0 Å². The lowest BCUT2D eigenvalue weighted by molar-refractivity contribution is 0.0831. The van der Waals surface area contributed by atoms with Gasteiger partial charge in [0.25, 0.3) is 11.8 Å². The highest BCUT2D eigenvalue weighted by Gasteiger charge is 2.17. The van der Waals surface area contributed by atoms with Gasteiger partial charge in [0.2, 0.25) is 5.75 Å². The summed E-state index contributed by atoms with van der Waals surface area (Å²) < 4.78 is 20.7. The Bertz CT molecular complexity index is 1080. The zero-order valence-corrected chi connectivity index (χ0v) is 17.6. The summed E-state index contributed by atoms with van der Waals surface area (Å²) in [5, 5.41) is 2.73. The van der Waals surface area contributed by atoms with Gasteiger partial charge in [-0.05, 0) is 48.5 Å². The third-order valence-corrected chi connectivity index (χ3v) is 4.37. The van der Waals surface area contributed by atoms with E-state index in [1.54, 1.807) is 18.2 Å². The van der Waals surface area contributed by atoms with Crippen molar-refractivity contribution < 1.29 is 33.0 Å². The van der Waals surface area contributed by atoms with Crippen LogP contribution < -0.4 is 30.4 Å². The minimum absolute atomic E-state index is 0.0650. The largest absolute Gasteiger partial charge is 0.493 e. The molecule has 0 radical (unpaired) electrons. The molecular weight excluding hydrogens is 418 g/mol. The van der Waals surface area contributed by atoms with Gasteiger partial charge < -0.3 is 23.9 Å². The Balaban J connectivity index is 1.64. The quantitative estimate of drug-likeness (QED) is 0.483. The summed E-state index contributed by atoms with van der Waals surface area (Å²) in [6.07, 6.45) is 1.35. The van der Waals surface area contributed by atoms with Crippen molar-refractivity contribution in [3.8, 4) is 17.2 Å². The molecule has 1 aromatic heterocycles. The Labute approximate surface area is 183 Å². The molecule has 2 aromatic carbocycles. The molecule has 0 atom stereocenters. The molecule has 166 valence electrons. The predicted molar refractivity (Wildman–Crippen MR) is 114 cm³/mol. The Morgan fingerprint density at radius 1 is 0.750 bits per heavy atom. The van der Waals surface area contributed by atoms with Crippen molar-refractivity contribution in [1.82, 2.24) is 10.9 Å². The number of hydrogen-bond acceptors (Lipinski definition) is 7. The van der Waals surface area contributed by atoms with E-state index in [2.05, 4.69) is 16.2 Å². The Morgan fingerprint density at radius 3 is 1.91 bits per heavy atom. The van der Waals surface area contributed by atoms with Crippen molar-refractivity contribution in [3.05, 3.63) is 71.7 Å². The third kappa shape index (κ3) is 4.98. The second-order valence-corrected chi connectivity index (χ2v) is 6.33. The van der Waals surface area contributed by atoms with Crippen molar-refractivity contribution in [2.75, 3.05) is 26.6 Å². The van der Waals surface area contributed by atoms with Gasteiger partial charge in [0.15, 0.2) is 17.3 Å². The zero-order valence-electron chi connectivity index (χ0n) is 17.6. The van der Waals surface area contributed by atoms with Crippen LogP contribution in [0.15, 0.2) is 59.2 Å². The van der Waals surface area contributed by atoms with Crippen LogP contribution in [0.4, 0.5) is 5.69 Å². The molecule has 0 unspecified atom stereocenters. The fourth-order valence-corrected chi connectivity index (χ4v) is 2.78. The van der Waals surface area contributed by atoms with Crippen molar-refractivity contribution >= 4 is 23.4 Å².